The van der Waals surface area contributed by atoms with Crippen LogP contribution in [0.25, 0.3) is 0 Å². The van der Waals surface area contributed by atoms with Crippen LogP contribution in [0.4, 0.5) is 0 Å². The van der Waals surface area contributed by atoms with Crippen molar-refractivity contribution in [1.29, 1.82) is 0 Å². The molecule has 3 rings (SSSR count). The molecule has 4 unspecified atom stereocenters. The fourth-order valence-electron chi connectivity index (χ4n) is 4.59. The molecule has 0 radical (unpaired) electrons. The quantitative estimate of drug-likeness (QED) is 0.818. The van der Waals surface area contributed by atoms with Crippen LogP contribution in [0.1, 0.15) is 73.6 Å². The second-order valence-electron chi connectivity index (χ2n) is 8.70. The van der Waals surface area contributed by atoms with Gasteiger partial charge in [0.1, 0.15) is 5.78 Å². The van der Waals surface area contributed by atoms with Crippen molar-refractivity contribution in [2.24, 2.45) is 23.2 Å². The van der Waals surface area contributed by atoms with Crippen LogP contribution in [0.15, 0.2) is 0 Å². The van der Waals surface area contributed by atoms with Crippen molar-refractivity contribution >= 4 is 5.78 Å². The Hall–Kier alpha value is -0.370. The van der Waals surface area contributed by atoms with Gasteiger partial charge in [-0.2, -0.15) is 0 Å². The van der Waals surface area contributed by atoms with Gasteiger partial charge in [0.15, 0.2) is 0 Å². The Morgan fingerprint density at radius 2 is 1.95 bits per heavy atom. The van der Waals surface area contributed by atoms with E-state index in [4.69, 9.17) is 0 Å². The van der Waals surface area contributed by atoms with Gasteiger partial charge in [0.25, 0.3) is 0 Å². The lowest BCUT2D eigenvalue weighted by atomic mass is 9.45. The van der Waals surface area contributed by atoms with E-state index in [1.54, 1.807) is 0 Å². The molecule has 0 aromatic heterocycles. The summed E-state index contributed by atoms with van der Waals surface area (Å²) >= 11 is 0. The first-order valence-corrected chi connectivity index (χ1v) is 8.45. The molecule has 3 aliphatic rings. The minimum atomic E-state index is 0.0157. The topological polar surface area (TPSA) is 29.1 Å². The van der Waals surface area contributed by atoms with Gasteiger partial charge in [0.05, 0.1) is 6.04 Å². The third kappa shape index (κ3) is 3.10. The molecule has 0 heterocycles. The highest BCUT2D eigenvalue weighted by molar-refractivity contribution is 5.83. The van der Waals surface area contributed by atoms with Crippen molar-refractivity contribution in [3.63, 3.8) is 0 Å². The smallest absolute Gasteiger partial charge is 0.149 e. The SMILES string of the molecule is CCC(=O)C(CC1CCC2CC1C2(C)C)NC(C)(C)C. The normalized spacial score (nSPS) is 33.4. The molecule has 0 aliphatic heterocycles. The summed E-state index contributed by atoms with van der Waals surface area (Å²) in [6.07, 6.45) is 5.80. The van der Waals surface area contributed by atoms with E-state index in [0.29, 0.717) is 17.6 Å². The molecule has 3 aliphatic carbocycles. The van der Waals surface area contributed by atoms with Gasteiger partial charge in [-0.25, -0.2) is 0 Å². The number of Topliss-reactive ketones (excluding diaryl/α,β-unsaturated/α-hetero) is 1. The van der Waals surface area contributed by atoms with Gasteiger partial charge in [-0.3, -0.25) is 4.79 Å². The summed E-state index contributed by atoms with van der Waals surface area (Å²) in [6.45, 7) is 13.3. The predicted molar refractivity (Wildman–Crippen MR) is 84.7 cm³/mol. The van der Waals surface area contributed by atoms with Crippen LogP contribution >= 0.6 is 0 Å². The van der Waals surface area contributed by atoms with E-state index in [1.807, 2.05) is 6.92 Å². The minimum absolute atomic E-state index is 0.0157. The third-order valence-electron chi connectivity index (χ3n) is 5.88. The number of ketones is 1. The molecular formula is C18H33NO. The van der Waals surface area contributed by atoms with Gasteiger partial charge in [-0.1, -0.05) is 20.8 Å². The second kappa shape index (κ2) is 5.44. The number of carbonyl (C=O) groups excluding carboxylic acids is 1. The number of fused-ring (bicyclic) bond motifs is 2. The molecular weight excluding hydrogens is 246 g/mol. The Labute approximate surface area is 125 Å². The van der Waals surface area contributed by atoms with Crippen LogP contribution in [0.2, 0.25) is 0 Å². The second-order valence-corrected chi connectivity index (χ2v) is 8.70. The molecule has 0 saturated heterocycles. The maximum Gasteiger partial charge on any atom is 0.149 e. The van der Waals surface area contributed by atoms with Gasteiger partial charge >= 0.3 is 0 Å². The predicted octanol–water partition coefficient (Wildman–Crippen LogP) is 4.18. The van der Waals surface area contributed by atoms with Crippen molar-refractivity contribution in [3.8, 4) is 0 Å². The van der Waals surface area contributed by atoms with Gasteiger partial charge in [-0.05, 0) is 69.6 Å². The van der Waals surface area contributed by atoms with Gasteiger partial charge in [-0.15, -0.1) is 0 Å². The van der Waals surface area contributed by atoms with Gasteiger partial charge in [0, 0.05) is 12.0 Å². The first-order valence-electron chi connectivity index (χ1n) is 8.45. The zero-order valence-electron chi connectivity index (χ0n) is 14.3. The molecule has 116 valence electrons. The first-order chi connectivity index (χ1) is 9.15. The fraction of sp³-hybridized carbons (Fsp3) is 0.944. The molecule has 2 heteroatoms. The molecule has 0 aromatic carbocycles. The molecule has 2 bridgehead atoms. The van der Waals surface area contributed by atoms with Crippen molar-refractivity contribution in [1.82, 2.24) is 5.32 Å². The maximum atomic E-state index is 12.3. The fourth-order valence-corrected chi connectivity index (χ4v) is 4.59. The number of rotatable bonds is 5. The molecule has 0 spiro atoms. The largest absolute Gasteiger partial charge is 0.303 e. The van der Waals surface area contributed by atoms with Crippen LogP contribution < -0.4 is 5.32 Å². The summed E-state index contributed by atoms with van der Waals surface area (Å²) in [4.78, 5) is 12.3. The third-order valence-corrected chi connectivity index (χ3v) is 5.88. The average Bonchev–Trinajstić information content (AvgIpc) is 2.35. The van der Waals surface area contributed by atoms with Gasteiger partial charge < -0.3 is 5.32 Å². The number of nitrogens with one attached hydrogen (secondary N) is 1. The van der Waals surface area contributed by atoms with E-state index in [-0.39, 0.29) is 11.6 Å². The molecule has 20 heavy (non-hydrogen) atoms. The van der Waals surface area contributed by atoms with Crippen LogP contribution in [-0.2, 0) is 4.79 Å². The van der Waals surface area contributed by atoms with E-state index >= 15 is 0 Å². The average molecular weight is 279 g/mol. The maximum absolute atomic E-state index is 12.3. The highest BCUT2D eigenvalue weighted by atomic mass is 16.1. The summed E-state index contributed by atoms with van der Waals surface area (Å²) < 4.78 is 0. The summed E-state index contributed by atoms with van der Waals surface area (Å²) in [5, 5.41) is 3.57. The Morgan fingerprint density at radius 1 is 1.30 bits per heavy atom. The molecule has 3 fully saturated rings. The lowest BCUT2D eigenvalue weighted by molar-refractivity contribution is -0.127. The summed E-state index contributed by atoms with van der Waals surface area (Å²) in [6, 6.07) is 0.0537. The number of carbonyl (C=O) groups is 1. The zero-order valence-corrected chi connectivity index (χ0v) is 14.3. The number of hydrogen-bond acceptors (Lipinski definition) is 2. The monoisotopic (exact) mass is 279 g/mol. The van der Waals surface area contributed by atoms with Crippen molar-refractivity contribution in [3.05, 3.63) is 0 Å². The Morgan fingerprint density at radius 3 is 2.40 bits per heavy atom. The van der Waals surface area contributed by atoms with Crippen LogP contribution in [0.5, 0.6) is 0 Å². The number of hydrogen-bond donors (Lipinski definition) is 1. The lowest BCUT2D eigenvalue weighted by Gasteiger charge is -2.60. The van der Waals surface area contributed by atoms with Crippen molar-refractivity contribution < 1.29 is 4.79 Å². The lowest BCUT2D eigenvalue weighted by Crippen LogP contribution is -2.55. The van der Waals surface area contributed by atoms with Crippen LogP contribution in [-0.4, -0.2) is 17.4 Å². The van der Waals surface area contributed by atoms with Crippen LogP contribution in [0, 0.1) is 23.2 Å². The standard InChI is InChI=1S/C18H33NO/c1-7-16(20)15(19-17(2,3)4)10-12-8-9-13-11-14(12)18(13,5)6/h12-15,19H,7-11H2,1-6H3. The van der Waals surface area contributed by atoms with Gasteiger partial charge in [0.2, 0.25) is 0 Å². The van der Waals surface area contributed by atoms with E-state index in [2.05, 4.69) is 39.9 Å². The zero-order chi connectivity index (χ0) is 15.1. The molecule has 2 nitrogen and oxygen atoms in total. The molecule has 4 atom stereocenters. The Kier molecular flexibility index (Phi) is 4.35. The van der Waals surface area contributed by atoms with Crippen molar-refractivity contribution in [2.45, 2.75) is 85.2 Å². The highest BCUT2D eigenvalue weighted by Gasteiger charge is 2.54. The highest BCUT2D eigenvalue weighted by Crippen LogP contribution is 2.62. The Bertz CT molecular complexity index is 364. The Balaban J connectivity index is 2.02. The van der Waals surface area contributed by atoms with E-state index in [9.17, 15) is 4.79 Å². The van der Waals surface area contributed by atoms with Crippen molar-refractivity contribution in [2.75, 3.05) is 0 Å². The van der Waals surface area contributed by atoms with E-state index in [0.717, 1.165) is 24.2 Å². The minimum Gasteiger partial charge on any atom is -0.303 e. The summed E-state index contributed by atoms with van der Waals surface area (Å²) in [7, 11) is 0. The molecule has 0 aromatic rings. The first kappa shape index (κ1) is 16.0. The van der Waals surface area contributed by atoms with E-state index < -0.39 is 0 Å². The summed E-state index contributed by atoms with van der Waals surface area (Å²) in [5.41, 5.74) is 0.534. The molecule has 0 amide bonds. The van der Waals surface area contributed by atoms with E-state index in [1.165, 1.54) is 19.3 Å². The summed E-state index contributed by atoms with van der Waals surface area (Å²) in [5.74, 6) is 2.92. The van der Waals surface area contributed by atoms with Crippen LogP contribution in [0.3, 0.4) is 0 Å². The molecule has 1 N–H and O–H groups in total. The molecule has 3 saturated carbocycles.